The van der Waals surface area contributed by atoms with E-state index in [0.29, 0.717) is 18.9 Å². The summed E-state index contributed by atoms with van der Waals surface area (Å²) in [6.07, 6.45) is 7.08. The number of aryl methyl sites for hydroxylation is 1. The summed E-state index contributed by atoms with van der Waals surface area (Å²) in [5.41, 5.74) is 7.64. The van der Waals surface area contributed by atoms with Gasteiger partial charge in [-0.1, -0.05) is 50.1 Å². The summed E-state index contributed by atoms with van der Waals surface area (Å²) in [6.45, 7) is 2.95. The smallest absolute Gasteiger partial charge is 0.220 e. The molecule has 1 amide bonds. The Bertz CT molecular complexity index is 446. The molecule has 1 saturated carbocycles. The number of benzene rings is 1. The van der Waals surface area contributed by atoms with Crippen LogP contribution in [0.4, 0.5) is 0 Å². The highest BCUT2D eigenvalue weighted by Gasteiger charge is 2.33. The first-order valence-corrected chi connectivity index (χ1v) is 8.20. The molecule has 1 aliphatic rings. The molecule has 1 fully saturated rings. The number of amides is 1. The van der Waals surface area contributed by atoms with Gasteiger partial charge in [-0.05, 0) is 37.2 Å². The highest BCUT2D eigenvalue weighted by atomic mass is 16.1. The molecule has 3 nitrogen and oxygen atoms in total. The van der Waals surface area contributed by atoms with Crippen LogP contribution in [-0.2, 0) is 11.2 Å². The second-order valence-electron chi connectivity index (χ2n) is 6.47. The summed E-state index contributed by atoms with van der Waals surface area (Å²) in [6, 6.07) is 10.1. The Hall–Kier alpha value is -1.35. The summed E-state index contributed by atoms with van der Waals surface area (Å²) in [5.74, 6) is 0.693. The van der Waals surface area contributed by atoms with Crippen molar-refractivity contribution in [1.82, 2.24) is 5.32 Å². The standard InChI is InChI=1S/C18H28N2O/c1-15-7-5-6-12-18(15,19)13-14-20-17(21)11-10-16-8-3-2-4-9-16/h2-4,8-9,15H,5-7,10-14,19H2,1H3,(H,20,21). The second kappa shape index (κ2) is 7.60. The summed E-state index contributed by atoms with van der Waals surface area (Å²) >= 11 is 0. The number of carbonyl (C=O) groups excluding carboxylic acids is 1. The molecule has 0 bridgehead atoms. The average molecular weight is 288 g/mol. The number of hydrogen-bond acceptors (Lipinski definition) is 2. The van der Waals surface area contributed by atoms with Crippen LogP contribution in [-0.4, -0.2) is 18.0 Å². The predicted molar refractivity (Wildman–Crippen MR) is 86.9 cm³/mol. The Balaban J connectivity index is 1.67. The monoisotopic (exact) mass is 288 g/mol. The van der Waals surface area contributed by atoms with Gasteiger partial charge >= 0.3 is 0 Å². The van der Waals surface area contributed by atoms with E-state index in [-0.39, 0.29) is 11.4 Å². The van der Waals surface area contributed by atoms with Gasteiger partial charge in [0.1, 0.15) is 0 Å². The normalized spacial score (nSPS) is 25.5. The van der Waals surface area contributed by atoms with Gasteiger partial charge in [-0.25, -0.2) is 0 Å². The fourth-order valence-corrected chi connectivity index (χ4v) is 3.24. The summed E-state index contributed by atoms with van der Waals surface area (Å²) in [4.78, 5) is 11.9. The van der Waals surface area contributed by atoms with E-state index in [1.807, 2.05) is 18.2 Å². The molecule has 2 atom stereocenters. The first kappa shape index (κ1) is 16.0. The molecule has 1 aromatic carbocycles. The van der Waals surface area contributed by atoms with Gasteiger partial charge in [0, 0.05) is 18.5 Å². The fraction of sp³-hybridized carbons (Fsp3) is 0.611. The molecule has 0 aliphatic heterocycles. The Morgan fingerprint density at radius 2 is 2.10 bits per heavy atom. The average Bonchev–Trinajstić information content (AvgIpc) is 2.49. The van der Waals surface area contributed by atoms with E-state index in [4.69, 9.17) is 5.73 Å². The SMILES string of the molecule is CC1CCCCC1(N)CCNC(=O)CCc1ccccc1. The summed E-state index contributed by atoms with van der Waals surface area (Å²) < 4.78 is 0. The summed E-state index contributed by atoms with van der Waals surface area (Å²) in [5, 5.41) is 3.03. The number of nitrogens with two attached hydrogens (primary N) is 1. The number of hydrogen-bond donors (Lipinski definition) is 2. The van der Waals surface area contributed by atoms with Crippen LogP contribution in [0, 0.1) is 5.92 Å². The van der Waals surface area contributed by atoms with Gasteiger partial charge in [0.15, 0.2) is 0 Å². The van der Waals surface area contributed by atoms with Crippen molar-refractivity contribution in [2.75, 3.05) is 6.54 Å². The Kier molecular flexibility index (Phi) is 5.80. The minimum absolute atomic E-state index is 0.0784. The van der Waals surface area contributed by atoms with Crippen molar-refractivity contribution in [1.29, 1.82) is 0 Å². The minimum atomic E-state index is -0.0784. The molecular formula is C18H28N2O. The third-order valence-corrected chi connectivity index (χ3v) is 4.91. The van der Waals surface area contributed by atoms with Gasteiger partial charge in [0.05, 0.1) is 0 Å². The number of nitrogens with one attached hydrogen (secondary N) is 1. The van der Waals surface area contributed by atoms with Crippen molar-refractivity contribution in [3.63, 3.8) is 0 Å². The van der Waals surface area contributed by atoms with Crippen LogP contribution >= 0.6 is 0 Å². The van der Waals surface area contributed by atoms with Gasteiger partial charge in [-0.2, -0.15) is 0 Å². The number of rotatable bonds is 6. The summed E-state index contributed by atoms with van der Waals surface area (Å²) in [7, 11) is 0. The van der Waals surface area contributed by atoms with Gasteiger partial charge < -0.3 is 11.1 Å². The van der Waals surface area contributed by atoms with E-state index in [0.717, 1.165) is 19.3 Å². The molecule has 0 saturated heterocycles. The highest BCUT2D eigenvalue weighted by Crippen LogP contribution is 2.33. The molecule has 1 aromatic rings. The van der Waals surface area contributed by atoms with Crippen LogP contribution in [0.1, 0.15) is 51.0 Å². The lowest BCUT2D eigenvalue weighted by Crippen LogP contribution is -2.50. The number of carbonyl (C=O) groups is 1. The molecule has 0 radical (unpaired) electrons. The predicted octanol–water partition coefficient (Wildman–Crippen LogP) is 3.03. The van der Waals surface area contributed by atoms with Crippen molar-refractivity contribution in [3.8, 4) is 0 Å². The van der Waals surface area contributed by atoms with Crippen molar-refractivity contribution in [3.05, 3.63) is 35.9 Å². The molecule has 0 heterocycles. The van der Waals surface area contributed by atoms with Crippen molar-refractivity contribution < 1.29 is 4.79 Å². The zero-order chi connectivity index (χ0) is 15.1. The Labute approximate surface area is 128 Å². The first-order valence-electron chi connectivity index (χ1n) is 8.20. The Morgan fingerprint density at radius 1 is 1.33 bits per heavy atom. The molecule has 116 valence electrons. The molecule has 2 rings (SSSR count). The van der Waals surface area contributed by atoms with E-state index in [1.54, 1.807) is 0 Å². The molecule has 2 unspecified atom stereocenters. The van der Waals surface area contributed by atoms with E-state index >= 15 is 0 Å². The van der Waals surface area contributed by atoms with Crippen LogP contribution in [0.3, 0.4) is 0 Å². The molecule has 21 heavy (non-hydrogen) atoms. The van der Waals surface area contributed by atoms with Gasteiger partial charge in [-0.15, -0.1) is 0 Å². The van der Waals surface area contributed by atoms with Crippen molar-refractivity contribution in [2.24, 2.45) is 11.7 Å². The maximum atomic E-state index is 11.9. The lowest BCUT2D eigenvalue weighted by Gasteiger charge is -2.39. The quantitative estimate of drug-likeness (QED) is 0.845. The fourth-order valence-electron chi connectivity index (χ4n) is 3.24. The van der Waals surface area contributed by atoms with Crippen LogP contribution in [0.15, 0.2) is 30.3 Å². The largest absolute Gasteiger partial charge is 0.356 e. The minimum Gasteiger partial charge on any atom is -0.356 e. The lowest BCUT2D eigenvalue weighted by molar-refractivity contribution is -0.121. The molecule has 3 heteroatoms. The molecule has 0 spiro atoms. The third kappa shape index (κ3) is 4.85. The second-order valence-corrected chi connectivity index (χ2v) is 6.47. The maximum absolute atomic E-state index is 11.9. The van der Waals surface area contributed by atoms with Gasteiger partial charge in [-0.3, -0.25) is 4.79 Å². The zero-order valence-electron chi connectivity index (χ0n) is 13.1. The van der Waals surface area contributed by atoms with E-state index in [9.17, 15) is 4.79 Å². The zero-order valence-corrected chi connectivity index (χ0v) is 13.1. The van der Waals surface area contributed by atoms with Crippen LogP contribution in [0.25, 0.3) is 0 Å². The highest BCUT2D eigenvalue weighted by molar-refractivity contribution is 5.76. The third-order valence-electron chi connectivity index (χ3n) is 4.91. The van der Waals surface area contributed by atoms with Crippen molar-refractivity contribution >= 4 is 5.91 Å². The van der Waals surface area contributed by atoms with Crippen LogP contribution in [0.2, 0.25) is 0 Å². The van der Waals surface area contributed by atoms with E-state index in [1.165, 1.54) is 24.8 Å². The lowest BCUT2D eigenvalue weighted by atomic mass is 9.72. The topological polar surface area (TPSA) is 55.1 Å². The maximum Gasteiger partial charge on any atom is 0.220 e. The van der Waals surface area contributed by atoms with Crippen molar-refractivity contribution in [2.45, 2.75) is 57.4 Å². The van der Waals surface area contributed by atoms with Gasteiger partial charge in [0.2, 0.25) is 5.91 Å². The van der Waals surface area contributed by atoms with Crippen LogP contribution < -0.4 is 11.1 Å². The van der Waals surface area contributed by atoms with E-state index in [2.05, 4.69) is 24.4 Å². The van der Waals surface area contributed by atoms with E-state index < -0.39 is 0 Å². The Morgan fingerprint density at radius 3 is 2.81 bits per heavy atom. The molecule has 0 aromatic heterocycles. The van der Waals surface area contributed by atoms with Gasteiger partial charge in [0.25, 0.3) is 0 Å². The first-order chi connectivity index (χ1) is 10.1. The molecule has 3 N–H and O–H groups in total. The van der Waals surface area contributed by atoms with Crippen LogP contribution in [0.5, 0.6) is 0 Å². The molecule has 1 aliphatic carbocycles. The molecular weight excluding hydrogens is 260 g/mol.